The van der Waals surface area contributed by atoms with Crippen LogP contribution < -0.4 is 39.6 Å². The number of carboxylic acid groups (broad SMARTS) is 1. The Labute approximate surface area is 218 Å². The summed E-state index contributed by atoms with van der Waals surface area (Å²) in [4.78, 5) is 52.1. The van der Waals surface area contributed by atoms with Gasteiger partial charge in [0, 0.05) is 18.5 Å². The molecule has 1 fully saturated rings. The molecular weight excluding hydrogens is 451 g/mol. The number of carboxylic acids is 1. The summed E-state index contributed by atoms with van der Waals surface area (Å²) in [5, 5.41) is 11.6. The molecule has 1 saturated heterocycles. The zero-order chi connectivity index (χ0) is 23.4. The molecule has 0 unspecified atom stereocenters. The molecule has 0 spiro atoms. The second kappa shape index (κ2) is 11.5. The van der Waals surface area contributed by atoms with E-state index in [0.29, 0.717) is 5.69 Å². The van der Waals surface area contributed by atoms with E-state index in [1.54, 1.807) is 24.3 Å². The molecule has 0 aromatic heterocycles. The van der Waals surface area contributed by atoms with E-state index < -0.39 is 36.0 Å². The van der Waals surface area contributed by atoms with Crippen molar-refractivity contribution in [2.75, 3.05) is 18.1 Å². The van der Waals surface area contributed by atoms with Crippen LogP contribution in [-0.2, 0) is 36.9 Å². The van der Waals surface area contributed by atoms with Crippen molar-refractivity contribution >= 4 is 29.6 Å². The van der Waals surface area contributed by atoms with Crippen LogP contribution in [0.3, 0.4) is 0 Å². The maximum atomic E-state index is 13.0. The molecule has 4 rings (SSSR count). The Morgan fingerprint density at radius 2 is 1.76 bits per heavy atom. The molecule has 2 atom stereocenters. The third kappa shape index (κ3) is 5.60. The number of amides is 2. The van der Waals surface area contributed by atoms with Crippen LogP contribution in [0.25, 0.3) is 0 Å². The molecule has 9 nitrogen and oxygen atoms in total. The van der Waals surface area contributed by atoms with E-state index in [0.717, 1.165) is 11.1 Å². The van der Waals surface area contributed by atoms with Crippen molar-refractivity contribution < 1.29 is 63.3 Å². The number of para-hydroxylation sites is 1. The van der Waals surface area contributed by atoms with Crippen LogP contribution in [0.5, 0.6) is 0 Å². The molecule has 10 heteroatoms. The van der Waals surface area contributed by atoms with E-state index in [9.17, 15) is 24.3 Å². The first kappa shape index (κ1) is 25.7. The SMILES string of the molecule is O=C1OCCN(C(=O)OCc2ccccc2)[C@@H]1CCC(=O)N1c2ccccc2C[C@H]1C(=O)[O-].[Na+]. The summed E-state index contributed by atoms with van der Waals surface area (Å²) in [5.41, 5.74) is 2.06. The number of aliphatic carboxylic acids is 1. The second-order valence-corrected chi connectivity index (χ2v) is 7.89. The van der Waals surface area contributed by atoms with Crippen LogP contribution in [0.1, 0.15) is 24.0 Å². The van der Waals surface area contributed by atoms with Gasteiger partial charge in [0.2, 0.25) is 5.91 Å². The Hall–Kier alpha value is -2.88. The van der Waals surface area contributed by atoms with Crippen LogP contribution in [-0.4, -0.2) is 54.1 Å². The molecule has 0 bridgehead atoms. The van der Waals surface area contributed by atoms with Crippen molar-refractivity contribution in [3.8, 4) is 0 Å². The monoisotopic (exact) mass is 474 g/mol. The predicted octanol–water partition coefficient (Wildman–Crippen LogP) is -1.96. The number of carbonyl (C=O) groups is 4. The summed E-state index contributed by atoms with van der Waals surface area (Å²) in [6.45, 7) is 0.233. The average Bonchev–Trinajstić information content (AvgIpc) is 3.22. The summed E-state index contributed by atoms with van der Waals surface area (Å²) >= 11 is 0. The van der Waals surface area contributed by atoms with Gasteiger partial charge in [-0.25, -0.2) is 9.59 Å². The minimum Gasteiger partial charge on any atom is -0.548 e. The van der Waals surface area contributed by atoms with Crippen molar-refractivity contribution in [2.45, 2.75) is 38.0 Å². The van der Waals surface area contributed by atoms with Crippen molar-refractivity contribution in [3.05, 3.63) is 65.7 Å². The fourth-order valence-electron chi connectivity index (χ4n) is 4.18. The minimum absolute atomic E-state index is 0. The standard InChI is InChI=1S/C24H24N2O7.Na/c27-21(26-18-9-5-4-8-17(18)14-20(26)22(28)29)11-10-19-23(30)32-13-12-25(19)24(31)33-15-16-6-2-1-3-7-16;/h1-9,19-20H,10-15H2,(H,28,29);/q;+1/p-1/t19-,20+;/m1./s1. The number of anilines is 1. The topological polar surface area (TPSA) is 116 Å². The Morgan fingerprint density at radius 3 is 2.50 bits per heavy atom. The van der Waals surface area contributed by atoms with E-state index in [1.807, 2.05) is 30.3 Å². The van der Waals surface area contributed by atoms with E-state index >= 15 is 0 Å². The average molecular weight is 474 g/mol. The summed E-state index contributed by atoms with van der Waals surface area (Å²) in [6, 6.07) is 14.0. The maximum Gasteiger partial charge on any atom is 1.00 e. The number of hydrogen-bond donors (Lipinski definition) is 0. The Kier molecular flexibility index (Phi) is 8.71. The quantitative estimate of drug-likeness (QED) is 0.353. The van der Waals surface area contributed by atoms with Gasteiger partial charge in [-0.1, -0.05) is 48.5 Å². The summed E-state index contributed by atoms with van der Waals surface area (Å²) in [5.74, 6) is -2.43. The zero-order valence-corrected chi connectivity index (χ0v) is 20.8. The molecule has 0 aliphatic carbocycles. The Bertz CT molecular complexity index is 1060. The maximum absolute atomic E-state index is 13.0. The van der Waals surface area contributed by atoms with Gasteiger partial charge < -0.3 is 24.3 Å². The first-order valence-electron chi connectivity index (χ1n) is 10.7. The smallest absolute Gasteiger partial charge is 0.548 e. The zero-order valence-electron chi connectivity index (χ0n) is 18.8. The molecule has 0 radical (unpaired) electrons. The molecule has 2 aromatic carbocycles. The van der Waals surface area contributed by atoms with Gasteiger partial charge in [-0.15, -0.1) is 0 Å². The third-order valence-corrected chi connectivity index (χ3v) is 5.81. The van der Waals surface area contributed by atoms with Crippen molar-refractivity contribution in [1.82, 2.24) is 4.90 Å². The first-order valence-corrected chi connectivity index (χ1v) is 10.7. The number of cyclic esters (lactones) is 1. The molecule has 2 aliphatic heterocycles. The van der Waals surface area contributed by atoms with Crippen LogP contribution in [0.2, 0.25) is 0 Å². The number of hydrogen-bond acceptors (Lipinski definition) is 7. The van der Waals surface area contributed by atoms with Crippen LogP contribution in [0, 0.1) is 0 Å². The van der Waals surface area contributed by atoms with E-state index in [2.05, 4.69) is 0 Å². The Balaban J connectivity index is 0.00000324. The molecule has 2 amide bonds. The first-order chi connectivity index (χ1) is 16.0. The third-order valence-electron chi connectivity index (χ3n) is 5.81. The van der Waals surface area contributed by atoms with E-state index in [-0.39, 0.29) is 68.6 Å². The predicted molar refractivity (Wildman–Crippen MR) is 114 cm³/mol. The van der Waals surface area contributed by atoms with Gasteiger partial charge in [0.25, 0.3) is 0 Å². The van der Waals surface area contributed by atoms with Crippen LogP contribution >= 0.6 is 0 Å². The second-order valence-electron chi connectivity index (χ2n) is 7.89. The number of esters is 1. The van der Waals surface area contributed by atoms with Gasteiger partial charge in [0.15, 0.2) is 0 Å². The molecule has 2 aliphatic rings. The molecule has 0 N–H and O–H groups in total. The summed E-state index contributed by atoms with van der Waals surface area (Å²) in [7, 11) is 0. The van der Waals surface area contributed by atoms with E-state index in [1.165, 1.54) is 9.80 Å². The minimum atomic E-state index is -1.34. The van der Waals surface area contributed by atoms with Gasteiger partial charge in [-0.05, 0) is 23.6 Å². The van der Waals surface area contributed by atoms with Crippen molar-refractivity contribution in [2.24, 2.45) is 0 Å². The van der Waals surface area contributed by atoms with E-state index in [4.69, 9.17) is 9.47 Å². The van der Waals surface area contributed by atoms with Crippen molar-refractivity contribution in [1.29, 1.82) is 0 Å². The van der Waals surface area contributed by atoms with Gasteiger partial charge in [-0.2, -0.15) is 0 Å². The molecule has 2 heterocycles. The largest absolute Gasteiger partial charge is 1.00 e. The number of carbonyl (C=O) groups excluding carboxylic acids is 4. The normalized spacial score (nSPS) is 19.0. The Morgan fingerprint density at radius 1 is 1.06 bits per heavy atom. The van der Waals surface area contributed by atoms with Gasteiger partial charge in [-0.3, -0.25) is 9.69 Å². The molecule has 34 heavy (non-hydrogen) atoms. The van der Waals surface area contributed by atoms with Gasteiger partial charge in [0.1, 0.15) is 19.3 Å². The number of benzene rings is 2. The van der Waals surface area contributed by atoms with Gasteiger partial charge in [0.05, 0.1) is 18.6 Å². The number of nitrogens with zero attached hydrogens (tertiary/aromatic N) is 2. The fourth-order valence-corrected chi connectivity index (χ4v) is 4.18. The number of rotatable bonds is 6. The molecular formula is C24H23N2NaO7. The summed E-state index contributed by atoms with van der Waals surface area (Å²) in [6.07, 6.45) is -0.683. The number of morpholine rings is 1. The molecule has 0 saturated carbocycles. The summed E-state index contributed by atoms with van der Waals surface area (Å²) < 4.78 is 10.4. The van der Waals surface area contributed by atoms with Crippen molar-refractivity contribution in [3.63, 3.8) is 0 Å². The van der Waals surface area contributed by atoms with Crippen LogP contribution in [0.15, 0.2) is 54.6 Å². The molecule has 2 aromatic rings. The molecule has 172 valence electrons. The van der Waals surface area contributed by atoms with Gasteiger partial charge >= 0.3 is 41.6 Å². The van der Waals surface area contributed by atoms with Crippen LogP contribution in [0.4, 0.5) is 10.5 Å². The number of fused-ring (bicyclic) bond motifs is 1. The number of ether oxygens (including phenoxy) is 2. The fraction of sp³-hybridized carbons (Fsp3) is 0.333.